The number of nitrogens with one attached hydrogen (secondary N) is 1. The van der Waals surface area contributed by atoms with Gasteiger partial charge in [-0.05, 0) is 24.3 Å². The molecule has 2 aromatic heterocycles. The fourth-order valence-corrected chi connectivity index (χ4v) is 5.53. The van der Waals surface area contributed by atoms with E-state index in [2.05, 4.69) is 34.6 Å². The Hall–Kier alpha value is -1.29. The summed E-state index contributed by atoms with van der Waals surface area (Å²) >= 11 is 14.8. The Morgan fingerprint density at radius 2 is 1.78 bits per heavy atom. The summed E-state index contributed by atoms with van der Waals surface area (Å²) in [7, 11) is 0. The molecule has 0 aliphatic heterocycles. The number of hydrogen-bond acceptors (Lipinski definition) is 3. The van der Waals surface area contributed by atoms with E-state index in [1.807, 2.05) is 26.0 Å². The first kappa shape index (κ1) is 20.4. The smallest absolute Gasteiger partial charge is 0.131 e. The van der Waals surface area contributed by atoms with Crippen molar-refractivity contribution in [2.24, 2.45) is 0 Å². The predicted octanol–water partition coefficient (Wildman–Crippen LogP) is 8.29. The van der Waals surface area contributed by atoms with Crippen molar-refractivity contribution in [1.82, 2.24) is 4.98 Å². The van der Waals surface area contributed by atoms with Crippen LogP contribution in [0.1, 0.15) is 62.3 Å². The van der Waals surface area contributed by atoms with Crippen molar-refractivity contribution < 1.29 is 0 Å². The van der Waals surface area contributed by atoms with Gasteiger partial charge in [-0.1, -0.05) is 86.6 Å². The Balaban J connectivity index is 0.00000102. The highest BCUT2D eigenvalue weighted by Gasteiger charge is 2.24. The van der Waals surface area contributed by atoms with Crippen molar-refractivity contribution in [1.29, 1.82) is 0 Å². The zero-order valence-corrected chi connectivity index (χ0v) is 18.2. The summed E-state index contributed by atoms with van der Waals surface area (Å²) in [5, 5.41) is 4.80. The van der Waals surface area contributed by atoms with Crippen LogP contribution in [-0.2, 0) is 6.54 Å². The number of hydrogen-bond donors (Lipinski definition) is 1. The molecule has 5 heteroatoms. The first-order valence-electron chi connectivity index (χ1n) is 9.78. The maximum absolute atomic E-state index is 6.71. The Morgan fingerprint density at radius 3 is 2.48 bits per heavy atom. The number of nitrogens with zero attached hydrogens (tertiary/aromatic N) is 1. The van der Waals surface area contributed by atoms with Crippen LogP contribution >= 0.6 is 34.5 Å². The summed E-state index contributed by atoms with van der Waals surface area (Å²) in [6, 6.07) is 12.3. The molecule has 144 valence electrons. The zero-order chi connectivity index (χ0) is 19.2. The van der Waals surface area contributed by atoms with E-state index in [1.54, 1.807) is 11.3 Å². The third-order valence-corrected chi connectivity index (χ3v) is 6.94. The molecule has 2 nitrogen and oxygen atoms in total. The molecule has 1 aliphatic rings. The Kier molecular flexibility index (Phi) is 7.40. The van der Waals surface area contributed by atoms with Gasteiger partial charge in [-0.25, -0.2) is 4.98 Å². The number of fused-ring (bicyclic) bond motifs is 1. The third-order valence-electron chi connectivity index (χ3n) is 4.88. The van der Waals surface area contributed by atoms with E-state index in [-0.39, 0.29) is 0 Å². The Morgan fingerprint density at radius 1 is 1.07 bits per heavy atom. The molecule has 0 radical (unpaired) electrons. The molecule has 0 atom stereocenters. The van der Waals surface area contributed by atoms with Crippen molar-refractivity contribution in [3.8, 4) is 0 Å². The lowest BCUT2D eigenvalue weighted by Gasteiger charge is -2.20. The van der Waals surface area contributed by atoms with Crippen LogP contribution in [0.4, 0.5) is 5.69 Å². The minimum absolute atomic E-state index is 0.484. The second kappa shape index (κ2) is 9.77. The van der Waals surface area contributed by atoms with Crippen LogP contribution in [-0.4, -0.2) is 4.98 Å². The summed E-state index contributed by atoms with van der Waals surface area (Å²) in [4.78, 5) is 5.80. The quantitative estimate of drug-likeness (QED) is 0.429. The van der Waals surface area contributed by atoms with Crippen LogP contribution in [0.25, 0.3) is 10.2 Å². The minimum atomic E-state index is 0.484. The van der Waals surface area contributed by atoms with Gasteiger partial charge < -0.3 is 5.32 Å². The fraction of sp³-hybridized carbons (Fsp3) is 0.409. The molecule has 1 aromatic carbocycles. The minimum Gasteiger partial charge on any atom is -0.380 e. The number of halogens is 2. The molecular weight excluding hydrogens is 395 g/mol. The fourth-order valence-electron chi connectivity index (χ4n) is 3.58. The van der Waals surface area contributed by atoms with Crippen LogP contribution in [0.15, 0.2) is 36.4 Å². The summed E-state index contributed by atoms with van der Waals surface area (Å²) in [5.41, 5.74) is 3.10. The first-order valence-corrected chi connectivity index (χ1v) is 11.4. The van der Waals surface area contributed by atoms with Gasteiger partial charge in [0.25, 0.3) is 0 Å². The molecular formula is C22H26Cl2N2S. The number of anilines is 1. The number of aromatic nitrogens is 1. The zero-order valence-electron chi connectivity index (χ0n) is 15.9. The molecule has 4 rings (SSSR count). The van der Waals surface area contributed by atoms with Crippen molar-refractivity contribution in [3.05, 3.63) is 57.0 Å². The molecule has 27 heavy (non-hydrogen) atoms. The van der Waals surface area contributed by atoms with Gasteiger partial charge in [-0.3, -0.25) is 0 Å². The van der Waals surface area contributed by atoms with Gasteiger partial charge in [0.05, 0.1) is 15.4 Å². The van der Waals surface area contributed by atoms with Gasteiger partial charge in [0.15, 0.2) is 0 Å². The molecule has 3 aromatic rings. The van der Waals surface area contributed by atoms with Gasteiger partial charge in [-0.2, -0.15) is 0 Å². The molecule has 0 spiro atoms. The number of thiophene rings is 1. The third kappa shape index (κ3) is 4.77. The van der Waals surface area contributed by atoms with Gasteiger partial charge in [0, 0.05) is 17.5 Å². The molecule has 1 N–H and O–H groups in total. The molecule has 1 fully saturated rings. The van der Waals surface area contributed by atoms with Crippen LogP contribution < -0.4 is 5.32 Å². The lowest BCUT2D eigenvalue weighted by Crippen LogP contribution is -2.02. The molecule has 2 heterocycles. The number of rotatable bonds is 4. The second-order valence-electron chi connectivity index (χ2n) is 6.62. The molecule has 0 saturated heterocycles. The maximum Gasteiger partial charge on any atom is 0.131 e. The average Bonchev–Trinajstić information content (AvgIpc) is 3.06. The van der Waals surface area contributed by atoms with E-state index in [1.165, 1.54) is 42.5 Å². The van der Waals surface area contributed by atoms with E-state index in [9.17, 15) is 0 Å². The van der Waals surface area contributed by atoms with Crippen LogP contribution in [0.2, 0.25) is 10.2 Å². The van der Waals surface area contributed by atoms with Crippen molar-refractivity contribution in [2.75, 3.05) is 5.32 Å². The van der Waals surface area contributed by atoms with Crippen molar-refractivity contribution >= 4 is 50.4 Å². The highest BCUT2D eigenvalue weighted by atomic mass is 35.5. The summed E-state index contributed by atoms with van der Waals surface area (Å²) in [5.74, 6) is 0.571. The topological polar surface area (TPSA) is 24.9 Å². The van der Waals surface area contributed by atoms with Gasteiger partial charge >= 0.3 is 0 Å². The standard InChI is InChI=1S/C20H20Cl2N2S.C2H6/c21-16-11-15(23-12-13-7-3-1-4-8-13)20-18(24-16)17(22)19(25-20)14-9-5-2-6-10-14;1-2/h1,3-4,7-8,11,14H,2,5-6,9-10,12H2,(H,23,24);1-2H3. The number of pyridine rings is 1. The predicted molar refractivity (Wildman–Crippen MR) is 121 cm³/mol. The van der Waals surface area contributed by atoms with E-state index in [4.69, 9.17) is 23.2 Å². The molecule has 0 unspecified atom stereocenters. The summed E-state index contributed by atoms with van der Waals surface area (Å²) in [6.07, 6.45) is 6.39. The van der Waals surface area contributed by atoms with E-state index in [0.29, 0.717) is 11.1 Å². The Labute approximate surface area is 175 Å². The van der Waals surface area contributed by atoms with Crippen LogP contribution in [0, 0.1) is 0 Å². The maximum atomic E-state index is 6.71. The lowest BCUT2D eigenvalue weighted by atomic mass is 9.88. The SMILES string of the molecule is CC.Clc1cc(NCc2ccccc2)c2sc(C3CCCCC3)c(Cl)c2n1. The first-order chi connectivity index (χ1) is 13.2. The normalized spacial score (nSPS) is 14.7. The van der Waals surface area contributed by atoms with Crippen molar-refractivity contribution in [3.63, 3.8) is 0 Å². The highest BCUT2D eigenvalue weighted by molar-refractivity contribution is 7.20. The van der Waals surface area contributed by atoms with Crippen LogP contribution in [0.5, 0.6) is 0 Å². The number of benzene rings is 1. The monoisotopic (exact) mass is 420 g/mol. The summed E-state index contributed by atoms with van der Waals surface area (Å²) in [6.45, 7) is 4.75. The van der Waals surface area contributed by atoms with E-state index < -0.39 is 0 Å². The molecule has 0 bridgehead atoms. The van der Waals surface area contributed by atoms with Gasteiger partial charge in [-0.15, -0.1) is 11.3 Å². The van der Waals surface area contributed by atoms with Crippen LogP contribution in [0.3, 0.4) is 0 Å². The second-order valence-corrected chi connectivity index (χ2v) is 8.44. The molecule has 0 amide bonds. The van der Waals surface area contributed by atoms with Gasteiger partial charge in [0.2, 0.25) is 0 Å². The molecule has 1 aliphatic carbocycles. The van der Waals surface area contributed by atoms with Crippen molar-refractivity contribution in [2.45, 2.75) is 58.4 Å². The molecule has 1 saturated carbocycles. The largest absolute Gasteiger partial charge is 0.380 e. The lowest BCUT2D eigenvalue weighted by molar-refractivity contribution is 0.448. The van der Waals surface area contributed by atoms with E-state index >= 15 is 0 Å². The van der Waals surface area contributed by atoms with E-state index in [0.717, 1.165) is 27.5 Å². The van der Waals surface area contributed by atoms with Gasteiger partial charge in [0.1, 0.15) is 10.7 Å². The highest BCUT2D eigenvalue weighted by Crippen LogP contribution is 2.46. The average molecular weight is 421 g/mol. The Bertz CT molecular complexity index is 871. The summed E-state index contributed by atoms with van der Waals surface area (Å²) < 4.78 is 1.12.